The van der Waals surface area contributed by atoms with Crippen LogP contribution < -0.4 is 5.73 Å². The molecule has 19 heavy (non-hydrogen) atoms. The van der Waals surface area contributed by atoms with Crippen LogP contribution in [0.4, 0.5) is 0 Å². The molecule has 5 nitrogen and oxygen atoms in total. The van der Waals surface area contributed by atoms with E-state index in [2.05, 4.69) is 21.6 Å². The van der Waals surface area contributed by atoms with Crippen LogP contribution in [0.15, 0.2) is 35.7 Å². The molecule has 2 aromatic rings. The first kappa shape index (κ1) is 13.1. The lowest BCUT2D eigenvalue weighted by Crippen LogP contribution is -2.14. The van der Waals surface area contributed by atoms with E-state index in [9.17, 15) is 0 Å². The van der Waals surface area contributed by atoms with Gasteiger partial charge in [0.15, 0.2) is 5.84 Å². The Kier molecular flexibility index (Phi) is 3.85. The van der Waals surface area contributed by atoms with Gasteiger partial charge in [0.25, 0.3) is 0 Å². The monoisotopic (exact) mass is 258 g/mol. The molecule has 1 aromatic carbocycles. The van der Waals surface area contributed by atoms with Gasteiger partial charge in [0.1, 0.15) is 5.82 Å². The molecule has 0 aliphatic rings. The van der Waals surface area contributed by atoms with Crippen molar-refractivity contribution in [3.8, 4) is 0 Å². The van der Waals surface area contributed by atoms with Gasteiger partial charge in [-0.15, -0.1) is 0 Å². The molecular weight excluding hydrogens is 240 g/mol. The van der Waals surface area contributed by atoms with Crippen molar-refractivity contribution in [2.75, 3.05) is 0 Å². The van der Waals surface area contributed by atoms with Gasteiger partial charge in [-0.05, 0) is 24.1 Å². The first-order valence-electron chi connectivity index (χ1n) is 6.23. The standard InChI is InChI=1S/C14H18N4O/c1-3-13-16-6-7-18(13)9-12-5-4-11(8-10(12)2)14(15)17-19/h4-8,19H,3,9H2,1-2H3,(H2,15,17). The van der Waals surface area contributed by atoms with Crippen molar-refractivity contribution in [2.45, 2.75) is 26.8 Å². The molecule has 0 fully saturated rings. The number of amidine groups is 1. The number of rotatable bonds is 4. The lowest BCUT2D eigenvalue weighted by molar-refractivity contribution is 0.318. The smallest absolute Gasteiger partial charge is 0.170 e. The molecule has 0 aliphatic heterocycles. The molecule has 1 aromatic heterocycles. The largest absolute Gasteiger partial charge is 0.409 e. The molecule has 0 aliphatic carbocycles. The normalized spacial score (nSPS) is 11.8. The van der Waals surface area contributed by atoms with Crippen molar-refractivity contribution >= 4 is 5.84 Å². The number of oxime groups is 1. The highest BCUT2D eigenvalue weighted by atomic mass is 16.4. The van der Waals surface area contributed by atoms with Crippen LogP contribution in [0.25, 0.3) is 0 Å². The number of benzene rings is 1. The van der Waals surface area contributed by atoms with E-state index in [0.717, 1.165) is 29.9 Å². The Balaban J connectivity index is 2.27. The number of hydrogen-bond acceptors (Lipinski definition) is 3. The molecule has 2 rings (SSSR count). The lowest BCUT2D eigenvalue weighted by atomic mass is 10.0. The summed E-state index contributed by atoms with van der Waals surface area (Å²) in [5, 5.41) is 11.7. The fraction of sp³-hybridized carbons (Fsp3) is 0.286. The maximum Gasteiger partial charge on any atom is 0.170 e. The van der Waals surface area contributed by atoms with E-state index in [1.165, 1.54) is 5.56 Å². The fourth-order valence-electron chi connectivity index (χ4n) is 2.07. The first-order chi connectivity index (χ1) is 9.15. The van der Waals surface area contributed by atoms with Crippen molar-refractivity contribution in [3.63, 3.8) is 0 Å². The molecule has 0 saturated heterocycles. The quantitative estimate of drug-likeness (QED) is 0.380. The minimum Gasteiger partial charge on any atom is -0.409 e. The van der Waals surface area contributed by atoms with E-state index in [-0.39, 0.29) is 5.84 Å². The molecule has 100 valence electrons. The molecule has 0 spiro atoms. The van der Waals surface area contributed by atoms with Gasteiger partial charge in [0.05, 0.1) is 0 Å². The van der Waals surface area contributed by atoms with Gasteiger partial charge in [-0.1, -0.05) is 24.2 Å². The van der Waals surface area contributed by atoms with Crippen molar-refractivity contribution in [2.24, 2.45) is 10.9 Å². The van der Waals surface area contributed by atoms with Crippen LogP contribution in [-0.4, -0.2) is 20.6 Å². The van der Waals surface area contributed by atoms with E-state index >= 15 is 0 Å². The second-order valence-corrected chi connectivity index (χ2v) is 4.45. The van der Waals surface area contributed by atoms with Gasteiger partial charge in [-0.3, -0.25) is 0 Å². The predicted molar refractivity (Wildman–Crippen MR) is 74.4 cm³/mol. The second kappa shape index (κ2) is 5.56. The minimum absolute atomic E-state index is 0.131. The van der Waals surface area contributed by atoms with Crippen LogP contribution in [0.2, 0.25) is 0 Å². The van der Waals surface area contributed by atoms with Crippen molar-refractivity contribution in [1.82, 2.24) is 9.55 Å². The third-order valence-electron chi connectivity index (χ3n) is 3.20. The molecule has 0 atom stereocenters. The molecular formula is C14H18N4O. The summed E-state index contributed by atoms with van der Waals surface area (Å²) >= 11 is 0. The molecule has 0 unspecified atom stereocenters. The maximum atomic E-state index is 8.67. The summed E-state index contributed by atoms with van der Waals surface area (Å²) in [6, 6.07) is 5.79. The summed E-state index contributed by atoms with van der Waals surface area (Å²) in [5.41, 5.74) is 8.61. The Morgan fingerprint density at radius 3 is 2.89 bits per heavy atom. The number of aryl methyl sites for hydroxylation is 2. The van der Waals surface area contributed by atoms with Crippen LogP contribution in [0.5, 0.6) is 0 Å². The van der Waals surface area contributed by atoms with Crippen LogP contribution >= 0.6 is 0 Å². The summed E-state index contributed by atoms with van der Waals surface area (Å²) in [5.74, 6) is 1.20. The Hall–Kier alpha value is -2.30. The summed E-state index contributed by atoms with van der Waals surface area (Å²) < 4.78 is 2.13. The zero-order valence-electron chi connectivity index (χ0n) is 11.2. The van der Waals surface area contributed by atoms with Crippen LogP contribution in [-0.2, 0) is 13.0 Å². The van der Waals surface area contributed by atoms with Gasteiger partial charge < -0.3 is 15.5 Å². The van der Waals surface area contributed by atoms with E-state index in [1.807, 2.05) is 37.5 Å². The first-order valence-corrected chi connectivity index (χ1v) is 6.23. The highest BCUT2D eigenvalue weighted by molar-refractivity contribution is 5.97. The minimum atomic E-state index is 0.131. The highest BCUT2D eigenvalue weighted by Gasteiger charge is 2.06. The van der Waals surface area contributed by atoms with Crippen molar-refractivity contribution in [1.29, 1.82) is 0 Å². The molecule has 3 N–H and O–H groups in total. The Labute approximate surface area is 112 Å². The SMILES string of the molecule is CCc1nccn1Cc1ccc(/C(N)=N/O)cc1C. The highest BCUT2D eigenvalue weighted by Crippen LogP contribution is 2.14. The van der Waals surface area contributed by atoms with E-state index in [1.54, 1.807) is 0 Å². The van der Waals surface area contributed by atoms with Crippen LogP contribution in [0, 0.1) is 6.92 Å². The van der Waals surface area contributed by atoms with Crippen molar-refractivity contribution < 1.29 is 5.21 Å². The van der Waals surface area contributed by atoms with Crippen LogP contribution in [0.1, 0.15) is 29.4 Å². The zero-order valence-corrected chi connectivity index (χ0v) is 11.2. The van der Waals surface area contributed by atoms with Gasteiger partial charge in [0.2, 0.25) is 0 Å². The number of aromatic nitrogens is 2. The van der Waals surface area contributed by atoms with E-state index in [0.29, 0.717) is 0 Å². The zero-order chi connectivity index (χ0) is 13.8. The Morgan fingerprint density at radius 1 is 1.47 bits per heavy atom. The molecule has 1 heterocycles. The maximum absolute atomic E-state index is 8.67. The van der Waals surface area contributed by atoms with Gasteiger partial charge in [-0.2, -0.15) is 0 Å². The third-order valence-corrected chi connectivity index (χ3v) is 3.20. The van der Waals surface area contributed by atoms with E-state index < -0.39 is 0 Å². The number of imidazole rings is 1. The average Bonchev–Trinajstić information content (AvgIpc) is 2.87. The number of nitrogens with zero attached hydrogens (tertiary/aromatic N) is 3. The molecule has 5 heteroatoms. The third kappa shape index (κ3) is 2.76. The summed E-state index contributed by atoms with van der Waals surface area (Å²) in [7, 11) is 0. The second-order valence-electron chi connectivity index (χ2n) is 4.45. The lowest BCUT2D eigenvalue weighted by Gasteiger charge is -2.10. The van der Waals surface area contributed by atoms with E-state index in [4.69, 9.17) is 10.9 Å². The predicted octanol–water partition coefficient (Wildman–Crippen LogP) is 1.90. The van der Waals surface area contributed by atoms with Crippen molar-refractivity contribution in [3.05, 3.63) is 53.1 Å². The molecule has 0 amide bonds. The summed E-state index contributed by atoms with van der Waals surface area (Å²) in [4.78, 5) is 4.31. The Bertz CT molecular complexity index is 601. The molecule has 0 radical (unpaired) electrons. The summed E-state index contributed by atoms with van der Waals surface area (Å²) in [6.45, 7) is 4.89. The summed E-state index contributed by atoms with van der Waals surface area (Å²) in [6.07, 6.45) is 4.71. The van der Waals surface area contributed by atoms with Gasteiger partial charge in [0, 0.05) is 30.9 Å². The molecule has 0 bridgehead atoms. The van der Waals surface area contributed by atoms with Gasteiger partial charge in [-0.25, -0.2) is 4.98 Å². The average molecular weight is 258 g/mol. The van der Waals surface area contributed by atoms with Gasteiger partial charge >= 0.3 is 0 Å². The molecule has 0 saturated carbocycles. The topological polar surface area (TPSA) is 76.4 Å². The number of nitrogens with two attached hydrogens (primary N) is 1. The number of hydrogen-bond donors (Lipinski definition) is 2. The fourth-order valence-corrected chi connectivity index (χ4v) is 2.07. The van der Waals surface area contributed by atoms with Crippen LogP contribution in [0.3, 0.4) is 0 Å². The Morgan fingerprint density at radius 2 is 2.26 bits per heavy atom.